The van der Waals surface area contributed by atoms with Crippen LogP contribution in [0.15, 0.2) is 54.6 Å². The second-order valence-electron chi connectivity index (χ2n) is 6.48. The Morgan fingerprint density at radius 3 is 2.58 bits per heavy atom. The summed E-state index contributed by atoms with van der Waals surface area (Å²) in [5, 5.41) is 5.66. The molecule has 0 radical (unpaired) electrons. The lowest BCUT2D eigenvalue weighted by Gasteiger charge is -2.26. The van der Waals surface area contributed by atoms with Crippen molar-refractivity contribution in [2.24, 2.45) is 0 Å². The fourth-order valence-electron chi connectivity index (χ4n) is 3.33. The lowest BCUT2D eigenvalue weighted by molar-refractivity contribution is -0.123. The average molecular weight is 352 g/mol. The highest BCUT2D eigenvalue weighted by molar-refractivity contribution is 5.80. The molecule has 1 aliphatic heterocycles. The van der Waals surface area contributed by atoms with Crippen LogP contribution in [0.1, 0.15) is 42.3 Å². The Morgan fingerprint density at radius 1 is 1.08 bits per heavy atom. The molecule has 2 amide bonds. The molecule has 0 spiro atoms. The van der Waals surface area contributed by atoms with Gasteiger partial charge in [0.2, 0.25) is 11.8 Å². The van der Waals surface area contributed by atoms with Gasteiger partial charge in [-0.25, -0.2) is 0 Å². The summed E-state index contributed by atoms with van der Waals surface area (Å²) < 4.78 is 5.67. The van der Waals surface area contributed by atoms with Crippen molar-refractivity contribution < 1.29 is 14.3 Å². The van der Waals surface area contributed by atoms with Gasteiger partial charge in [-0.05, 0) is 29.5 Å². The standard InChI is InChI=1S/C21H24N2O3/c1-22-20(24)14-18(15-7-3-2-4-8-15)23-21(25)13-16-11-12-26-19-10-6-5-9-17(16)19/h2-10,16,18H,11-14H2,1H3,(H,22,24)(H,23,25). The Morgan fingerprint density at radius 2 is 1.81 bits per heavy atom. The molecule has 136 valence electrons. The van der Waals surface area contributed by atoms with Gasteiger partial charge in [0.25, 0.3) is 0 Å². The summed E-state index contributed by atoms with van der Waals surface area (Å²) in [7, 11) is 1.60. The van der Waals surface area contributed by atoms with Gasteiger partial charge in [-0.3, -0.25) is 9.59 Å². The molecule has 1 heterocycles. The van der Waals surface area contributed by atoms with E-state index < -0.39 is 0 Å². The molecule has 0 aliphatic carbocycles. The molecule has 5 heteroatoms. The van der Waals surface area contributed by atoms with E-state index >= 15 is 0 Å². The quantitative estimate of drug-likeness (QED) is 0.840. The van der Waals surface area contributed by atoms with Crippen LogP contribution < -0.4 is 15.4 Å². The van der Waals surface area contributed by atoms with Crippen LogP contribution in [0, 0.1) is 0 Å². The molecule has 5 nitrogen and oxygen atoms in total. The molecule has 0 saturated carbocycles. The fourth-order valence-corrected chi connectivity index (χ4v) is 3.33. The lowest BCUT2D eigenvalue weighted by Crippen LogP contribution is -2.34. The average Bonchev–Trinajstić information content (AvgIpc) is 2.68. The molecule has 1 aliphatic rings. The van der Waals surface area contributed by atoms with E-state index in [1.807, 2.05) is 54.6 Å². The minimum atomic E-state index is -0.335. The second-order valence-corrected chi connectivity index (χ2v) is 6.48. The number of hydrogen-bond acceptors (Lipinski definition) is 3. The summed E-state index contributed by atoms with van der Waals surface area (Å²) in [6.07, 6.45) is 1.42. The van der Waals surface area contributed by atoms with Gasteiger partial charge in [0.1, 0.15) is 5.75 Å². The second kappa shape index (κ2) is 8.52. The maximum absolute atomic E-state index is 12.7. The summed E-state index contributed by atoms with van der Waals surface area (Å²) in [6, 6.07) is 17.1. The van der Waals surface area contributed by atoms with Crippen LogP contribution in [0.4, 0.5) is 0 Å². The van der Waals surface area contributed by atoms with Crippen LogP contribution >= 0.6 is 0 Å². The van der Waals surface area contributed by atoms with E-state index in [1.165, 1.54) is 0 Å². The number of amides is 2. The third kappa shape index (κ3) is 4.42. The van der Waals surface area contributed by atoms with E-state index in [0.29, 0.717) is 13.0 Å². The number of ether oxygens (including phenoxy) is 1. The molecular weight excluding hydrogens is 328 g/mol. The van der Waals surface area contributed by atoms with Crippen LogP contribution in [0.25, 0.3) is 0 Å². The Balaban J connectivity index is 1.69. The summed E-state index contributed by atoms with van der Waals surface area (Å²) in [6.45, 7) is 0.620. The Hall–Kier alpha value is -2.82. The van der Waals surface area contributed by atoms with Gasteiger partial charge < -0.3 is 15.4 Å². The number of nitrogens with one attached hydrogen (secondary N) is 2. The van der Waals surface area contributed by atoms with Gasteiger partial charge in [-0.15, -0.1) is 0 Å². The number of para-hydroxylation sites is 1. The molecule has 2 unspecified atom stereocenters. The molecule has 2 atom stereocenters. The minimum absolute atomic E-state index is 0.0514. The van der Waals surface area contributed by atoms with Gasteiger partial charge in [-0.1, -0.05) is 48.5 Å². The Bertz CT molecular complexity index is 761. The van der Waals surface area contributed by atoms with E-state index in [4.69, 9.17) is 4.74 Å². The van der Waals surface area contributed by atoms with Crippen molar-refractivity contribution in [3.63, 3.8) is 0 Å². The van der Waals surface area contributed by atoms with Gasteiger partial charge in [0.05, 0.1) is 19.1 Å². The van der Waals surface area contributed by atoms with Crippen LogP contribution in [-0.2, 0) is 9.59 Å². The van der Waals surface area contributed by atoms with Gasteiger partial charge >= 0.3 is 0 Å². The molecular formula is C21H24N2O3. The number of rotatable bonds is 6. The zero-order valence-corrected chi connectivity index (χ0v) is 14.9. The van der Waals surface area contributed by atoms with Crippen molar-refractivity contribution in [3.05, 3.63) is 65.7 Å². The van der Waals surface area contributed by atoms with E-state index in [0.717, 1.165) is 23.3 Å². The number of carbonyl (C=O) groups is 2. The van der Waals surface area contributed by atoms with Gasteiger partial charge in [-0.2, -0.15) is 0 Å². The van der Waals surface area contributed by atoms with Crippen molar-refractivity contribution in [1.29, 1.82) is 0 Å². The topological polar surface area (TPSA) is 67.4 Å². The Labute approximate surface area is 153 Å². The number of hydrogen-bond donors (Lipinski definition) is 2. The van der Waals surface area contributed by atoms with Crippen molar-refractivity contribution in [1.82, 2.24) is 10.6 Å². The van der Waals surface area contributed by atoms with Gasteiger partial charge in [0, 0.05) is 13.5 Å². The van der Waals surface area contributed by atoms with E-state index in [-0.39, 0.29) is 30.2 Å². The molecule has 3 rings (SSSR count). The maximum atomic E-state index is 12.7. The third-order valence-corrected chi connectivity index (χ3v) is 4.72. The predicted octanol–water partition coefficient (Wildman–Crippen LogP) is 2.94. The fraction of sp³-hybridized carbons (Fsp3) is 0.333. The van der Waals surface area contributed by atoms with Crippen molar-refractivity contribution >= 4 is 11.8 Å². The lowest BCUT2D eigenvalue weighted by atomic mass is 9.90. The normalized spacial score (nSPS) is 16.7. The highest BCUT2D eigenvalue weighted by atomic mass is 16.5. The van der Waals surface area contributed by atoms with E-state index in [2.05, 4.69) is 10.6 Å². The van der Waals surface area contributed by atoms with Crippen molar-refractivity contribution in [2.45, 2.75) is 31.2 Å². The van der Waals surface area contributed by atoms with Crippen molar-refractivity contribution in [3.8, 4) is 5.75 Å². The van der Waals surface area contributed by atoms with Crippen LogP contribution in [-0.4, -0.2) is 25.5 Å². The van der Waals surface area contributed by atoms with Crippen LogP contribution in [0.3, 0.4) is 0 Å². The molecule has 0 bridgehead atoms. The zero-order chi connectivity index (χ0) is 18.4. The highest BCUT2D eigenvalue weighted by Gasteiger charge is 2.25. The Kier molecular flexibility index (Phi) is 5.89. The molecule has 26 heavy (non-hydrogen) atoms. The molecule has 2 aromatic rings. The predicted molar refractivity (Wildman–Crippen MR) is 99.9 cm³/mol. The molecule has 0 aromatic heterocycles. The monoisotopic (exact) mass is 352 g/mol. The first-order valence-corrected chi connectivity index (χ1v) is 8.94. The van der Waals surface area contributed by atoms with Crippen LogP contribution in [0.5, 0.6) is 5.75 Å². The molecule has 2 aromatic carbocycles. The molecule has 0 fully saturated rings. The number of benzene rings is 2. The third-order valence-electron chi connectivity index (χ3n) is 4.72. The van der Waals surface area contributed by atoms with E-state index in [1.54, 1.807) is 7.05 Å². The smallest absolute Gasteiger partial charge is 0.222 e. The summed E-state index contributed by atoms with van der Waals surface area (Å²) in [5.74, 6) is 0.845. The first-order chi connectivity index (χ1) is 12.7. The zero-order valence-electron chi connectivity index (χ0n) is 14.9. The largest absolute Gasteiger partial charge is 0.493 e. The SMILES string of the molecule is CNC(=O)CC(NC(=O)CC1CCOc2ccccc21)c1ccccc1. The summed E-state index contributed by atoms with van der Waals surface area (Å²) in [5.41, 5.74) is 2.01. The first-order valence-electron chi connectivity index (χ1n) is 8.94. The molecule has 0 saturated heterocycles. The van der Waals surface area contributed by atoms with Crippen LogP contribution in [0.2, 0.25) is 0 Å². The first kappa shape index (κ1) is 18.0. The van der Waals surface area contributed by atoms with E-state index in [9.17, 15) is 9.59 Å². The van der Waals surface area contributed by atoms with Gasteiger partial charge in [0.15, 0.2) is 0 Å². The maximum Gasteiger partial charge on any atom is 0.222 e. The highest BCUT2D eigenvalue weighted by Crippen LogP contribution is 2.35. The number of carbonyl (C=O) groups excluding carboxylic acids is 2. The summed E-state index contributed by atoms with van der Waals surface area (Å²) >= 11 is 0. The minimum Gasteiger partial charge on any atom is -0.493 e. The molecule has 2 N–H and O–H groups in total. The summed E-state index contributed by atoms with van der Waals surface area (Å²) in [4.78, 5) is 24.5. The van der Waals surface area contributed by atoms with Crippen molar-refractivity contribution in [2.75, 3.05) is 13.7 Å². The number of fused-ring (bicyclic) bond motifs is 1.